The van der Waals surface area contributed by atoms with Gasteiger partial charge in [0.15, 0.2) is 0 Å². The van der Waals surface area contributed by atoms with Crippen molar-refractivity contribution < 1.29 is 4.57 Å². The number of unbranched alkanes of at least 4 members (excludes halogenated alkanes) is 16. The van der Waals surface area contributed by atoms with Crippen LogP contribution in [0.25, 0.3) is 0 Å². The van der Waals surface area contributed by atoms with E-state index in [0.29, 0.717) is 0 Å². The highest BCUT2D eigenvalue weighted by atomic mass is 15.1. The summed E-state index contributed by atoms with van der Waals surface area (Å²) in [6.07, 6.45) is 32.7. The van der Waals surface area contributed by atoms with Crippen molar-refractivity contribution in [3.63, 3.8) is 0 Å². The molecule has 1 rings (SSSR count). The van der Waals surface area contributed by atoms with Crippen LogP contribution in [0.1, 0.15) is 149 Å². The zero-order chi connectivity index (χ0) is 21.7. The van der Waals surface area contributed by atoms with Crippen molar-refractivity contribution in [2.24, 2.45) is 0 Å². The Bertz CT molecular complexity index is 477. The number of aromatic nitrogens is 2. The second kappa shape index (κ2) is 20.1. The molecule has 0 bridgehead atoms. The van der Waals surface area contributed by atoms with Crippen LogP contribution in [0, 0.1) is 0 Å². The Balaban J connectivity index is 2.21. The highest BCUT2D eigenvalue weighted by Crippen LogP contribution is 2.13. The van der Waals surface area contributed by atoms with Crippen molar-refractivity contribution >= 4 is 0 Å². The van der Waals surface area contributed by atoms with Gasteiger partial charge in [0.05, 0.1) is 13.1 Å². The molecule has 0 fully saturated rings. The van der Waals surface area contributed by atoms with Crippen LogP contribution in [0.5, 0.6) is 0 Å². The van der Waals surface area contributed by atoms with Gasteiger partial charge in [0.1, 0.15) is 12.4 Å². The summed E-state index contributed by atoms with van der Waals surface area (Å²) >= 11 is 0. The molecule has 176 valence electrons. The monoisotopic (exact) mass is 419 g/mol. The Morgan fingerprint density at radius 2 is 1.03 bits per heavy atom. The summed E-state index contributed by atoms with van der Waals surface area (Å²) in [5, 5.41) is 0. The van der Waals surface area contributed by atoms with E-state index in [4.69, 9.17) is 0 Å². The van der Waals surface area contributed by atoms with Crippen molar-refractivity contribution in [3.8, 4) is 0 Å². The van der Waals surface area contributed by atoms with Crippen molar-refractivity contribution in [3.05, 3.63) is 18.2 Å². The molecule has 0 saturated carbocycles. The van der Waals surface area contributed by atoms with E-state index in [-0.39, 0.29) is 0 Å². The third kappa shape index (κ3) is 13.5. The minimum Gasteiger partial charge on any atom is -0.234 e. The molecule has 0 atom stereocenters. The maximum atomic E-state index is 2.57. The molecule has 1 aromatic rings. The summed E-state index contributed by atoms with van der Waals surface area (Å²) in [6.45, 7) is 9.30. The fraction of sp³-hybridized carbons (Fsp3) is 0.893. The van der Waals surface area contributed by atoms with Crippen LogP contribution in [0.2, 0.25) is 0 Å². The van der Waals surface area contributed by atoms with Gasteiger partial charge in [-0.25, -0.2) is 9.13 Å². The largest absolute Gasteiger partial charge is 0.256 e. The average Bonchev–Trinajstić information content (AvgIpc) is 3.13. The predicted octanol–water partition coefficient (Wildman–Crippen LogP) is 8.79. The maximum Gasteiger partial charge on any atom is 0.256 e. The summed E-state index contributed by atoms with van der Waals surface area (Å²) in [4.78, 5) is 0. The van der Waals surface area contributed by atoms with E-state index in [0.717, 1.165) is 0 Å². The summed E-state index contributed by atoms with van der Waals surface area (Å²) in [5.74, 6) is 1.58. The first-order valence-electron chi connectivity index (χ1n) is 13.9. The number of rotatable bonds is 22. The van der Waals surface area contributed by atoms with Crippen molar-refractivity contribution in [2.75, 3.05) is 0 Å². The smallest absolute Gasteiger partial charge is 0.234 e. The second-order valence-corrected chi connectivity index (χ2v) is 9.51. The minimum atomic E-state index is 1.18. The summed E-state index contributed by atoms with van der Waals surface area (Å²) in [6, 6.07) is 0. The minimum absolute atomic E-state index is 1.18. The van der Waals surface area contributed by atoms with Crippen LogP contribution in [-0.2, 0) is 19.5 Å². The van der Waals surface area contributed by atoms with Crippen molar-refractivity contribution in [1.82, 2.24) is 4.57 Å². The molecule has 0 amide bonds. The zero-order valence-corrected chi connectivity index (χ0v) is 21.1. The number of nitrogens with zero attached hydrogens (tertiary/aromatic N) is 2. The first-order chi connectivity index (χ1) is 14.8. The highest BCUT2D eigenvalue weighted by Gasteiger charge is 2.15. The van der Waals surface area contributed by atoms with E-state index in [2.05, 4.69) is 42.3 Å². The van der Waals surface area contributed by atoms with E-state index in [1.165, 1.54) is 142 Å². The molecule has 0 spiro atoms. The van der Waals surface area contributed by atoms with Crippen LogP contribution < -0.4 is 4.57 Å². The lowest BCUT2D eigenvalue weighted by molar-refractivity contribution is -0.703. The van der Waals surface area contributed by atoms with E-state index in [1.807, 2.05) is 0 Å². The fourth-order valence-corrected chi connectivity index (χ4v) is 4.62. The van der Waals surface area contributed by atoms with Gasteiger partial charge >= 0.3 is 0 Å². The quantitative estimate of drug-likeness (QED) is 0.131. The molecule has 0 aliphatic carbocycles. The predicted molar refractivity (Wildman–Crippen MR) is 133 cm³/mol. The lowest BCUT2D eigenvalue weighted by atomic mass is 10.1. The van der Waals surface area contributed by atoms with Crippen LogP contribution in [0.4, 0.5) is 0 Å². The molecule has 0 N–H and O–H groups in total. The molecule has 30 heavy (non-hydrogen) atoms. The fourth-order valence-electron chi connectivity index (χ4n) is 4.62. The van der Waals surface area contributed by atoms with Gasteiger partial charge in [-0.3, -0.25) is 0 Å². The van der Waals surface area contributed by atoms with E-state index in [9.17, 15) is 0 Å². The maximum absolute atomic E-state index is 2.57. The van der Waals surface area contributed by atoms with Crippen LogP contribution in [-0.4, -0.2) is 4.57 Å². The van der Waals surface area contributed by atoms with Gasteiger partial charge in [0.2, 0.25) is 0 Å². The van der Waals surface area contributed by atoms with E-state index < -0.39 is 0 Å². The standard InChI is InChI=1S/C28H55N2/c1-4-7-9-11-13-15-17-19-21-23-28-29(24-6-3)26-27-30(28)25-22-20-18-16-14-12-10-8-5-2/h26-27H,4-25H2,1-3H3/q+1. The van der Waals surface area contributed by atoms with Crippen molar-refractivity contribution in [2.45, 2.75) is 162 Å². The van der Waals surface area contributed by atoms with Gasteiger partial charge in [-0.1, -0.05) is 117 Å². The first-order valence-corrected chi connectivity index (χ1v) is 13.9. The zero-order valence-electron chi connectivity index (χ0n) is 21.1. The van der Waals surface area contributed by atoms with Crippen LogP contribution in [0.15, 0.2) is 12.4 Å². The molecule has 0 aromatic carbocycles. The molecule has 0 aliphatic heterocycles. The van der Waals surface area contributed by atoms with Crippen LogP contribution >= 0.6 is 0 Å². The molecule has 0 radical (unpaired) electrons. The van der Waals surface area contributed by atoms with Crippen molar-refractivity contribution in [1.29, 1.82) is 0 Å². The third-order valence-corrected chi connectivity index (χ3v) is 6.56. The molecule has 1 aromatic heterocycles. The van der Waals surface area contributed by atoms with Crippen LogP contribution in [0.3, 0.4) is 0 Å². The number of imidazole rings is 1. The number of aryl methyl sites for hydroxylation is 2. The Kier molecular flexibility index (Phi) is 18.3. The lowest BCUT2D eigenvalue weighted by Crippen LogP contribution is -2.37. The molecule has 0 saturated heterocycles. The molecular formula is C28H55N2+. The summed E-state index contributed by atoms with van der Waals surface area (Å²) < 4.78 is 5.10. The topological polar surface area (TPSA) is 8.81 Å². The highest BCUT2D eigenvalue weighted by molar-refractivity contribution is 4.84. The Labute approximate surface area is 189 Å². The van der Waals surface area contributed by atoms with Gasteiger partial charge < -0.3 is 0 Å². The first kappa shape index (κ1) is 27.2. The second-order valence-electron chi connectivity index (χ2n) is 9.51. The van der Waals surface area contributed by atoms with Gasteiger partial charge in [-0.2, -0.15) is 0 Å². The van der Waals surface area contributed by atoms with Gasteiger partial charge in [-0.15, -0.1) is 0 Å². The van der Waals surface area contributed by atoms with E-state index in [1.54, 1.807) is 5.82 Å². The summed E-state index contributed by atoms with van der Waals surface area (Å²) in [5.41, 5.74) is 0. The molecule has 0 unspecified atom stereocenters. The molecule has 2 nitrogen and oxygen atoms in total. The number of hydrogen-bond donors (Lipinski definition) is 0. The van der Waals surface area contributed by atoms with Gasteiger partial charge in [0.25, 0.3) is 5.82 Å². The lowest BCUT2D eigenvalue weighted by Gasteiger charge is -2.06. The van der Waals surface area contributed by atoms with Gasteiger partial charge in [0, 0.05) is 6.42 Å². The Morgan fingerprint density at radius 1 is 0.567 bits per heavy atom. The molecular weight excluding hydrogens is 364 g/mol. The molecule has 0 aliphatic rings. The van der Waals surface area contributed by atoms with E-state index >= 15 is 0 Å². The Morgan fingerprint density at radius 3 is 1.53 bits per heavy atom. The number of hydrogen-bond acceptors (Lipinski definition) is 0. The normalized spacial score (nSPS) is 11.4. The Hall–Kier alpha value is -0.790. The van der Waals surface area contributed by atoms with Gasteiger partial charge in [-0.05, 0) is 25.7 Å². The SMILES string of the molecule is CCCCCCCCCCCc1n(CCCCCCCCCCC)cc[n+]1CCC. The third-order valence-electron chi connectivity index (χ3n) is 6.56. The average molecular weight is 420 g/mol. The molecule has 2 heteroatoms. The summed E-state index contributed by atoms with van der Waals surface area (Å²) in [7, 11) is 0. The molecule has 1 heterocycles.